The van der Waals surface area contributed by atoms with Gasteiger partial charge in [0.2, 0.25) is 21.8 Å². The van der Waals surface area contributed by atoms with Gasteiger partial charge < -0.3 is 15.0 Å². The van der Waals surface area contributed by atoms with E-state index in [-0.39, 0.29) is 29.7 Å². The molecule has 1 atom stereocenters. The van der Waals surface area contributed by atoms with Crippen LogP contribution in [0.4, 0.5) is 11.4 Å². The summed E-state index contributed by atoms with van der Waals surface area (Å²) in [7, 11) is -2.83. The molecule has 2 amide bonds. The summed E-state index contributed by atoms with van der Waals surface area (Å²) in [5, 5.41) is 14.5. The molecule has 0 saturated heterocycles. The maximum Gasteiger partial charge on any atom is 0.271 e. The summed E-state index contributed by atoms with van der Waals surface area (Å²) in [5.41, 5.74) is 0.0655. The Labute approximate surface area is 215 Å². The van der Waals surface area contributed by atoms with Crippen LogP contribution in [-0.4, -0.2) is 62.0 Å². The van der Waals surface area contributed by atoms with Crippen LogP contribution in [0.3, 0.4) is 0 Å². The Kier molecular flexibility index (Phi) is 9.65. The smallest absolute Gasteiger partial charge is 0.271 e. The van der Waals surface area contributed by atoms with Crippen LogP contribution in [0.1, 0.15) is 26.3 Å². The third kappa shape index (κ3) is 7.56. The van der Waals surface area contributed by atoms with E-state index < -0.39 is 39.3 Å². The van der Waals surface area contributed by atoms with Crippen LogP contribution >= 0.6 is 11.6 Å². The van der Waals surface area contributed by atoms with Crippen molar-refractivity contribution in [1.29, 1.82) is 0 Å². The molecule has 196 valence electrons. The predicted octanol–water partition coefficient (Wildman–Crippen LogP) is 2.96. The number of nitrogens with one attached hydrogen (secondary N) is 1. The van der Waals surface area contributed by atoms with Crippen molar-refractivity contribution >= 4 is 44.8 Å². The van der Waals surface area contributed by atoms with E-state index in [4.69, 9.17) is 16.3 Å². The summed E-state index contributed by atoms with van der Waals surface area (Å²) in [6, 6.07) is 8.97. The van der Waals surface area contributed by atoms with Crippen molar-refractivity contribution in [1.82, 2.24) is 10.2 Å². The Morgan fingerprint density at radius 3 is 2.36 bits per heavy atom. The lowest BCUT2D eigenvalue weighted by molar-refractivity contribution is -0.384. The van der Waals surface area contributed by atoms with Gasteiger partial charge in [-0.25, -0.2) is 8.42 Å². The Bertz CT molecular complexity index is 1240. The molecule has 1 N–H and O–H groups in total. The highest BCUT2D eigenvalue weighted by Gasteiger charge is 2.32. The number of nitro groups is 1. The van der Waals surface area contributed by atoms with Crippen molar-refractivity contribution in [2.24, 2.45) is 0 Å². The number of carbonyl (C=O) groups excluding carboxylic acids is 2. The number of rotatable bonds is 11. The third-order valence-corrected chi connectivity index (χ3v) is 6.52. The molecule has 0 aliphatic heterocycles. The fourth-order valence-corrected chi connectivity index (χ4v) is 4.46. The molecule has 2 rings (SSSR count). The number of ether oxygens (including phenoxy) is 1. The lowest BCUT2D eigenvalue weighted by Gasteiger charge is -2.32. The van der Waals surface area contributed by atoms with E-state index >= 15 is 0 Å². The van der Waals surface area contributed by atoms with Crippen LogP contribution in [0.2, 0.25) is 5.02 Å². The maximum atomic E-state index is 13.5. The van der Waals surface area contributed by atoms with E-state index in [0.29, 0.717) is 10.6 Å². The Morgan fingerprint density at radius 1 is 1.17 bits per heavy atom. The third-order valence-electron chi connectivity index (χ3n) is 5.16. The van der Waals surface area contributed by atoms with Crippen molar-refractivity contribution in [3.05, 3.63) is 63.2 Å². The first kappa shape index (κ1) is 28.9. The lowest BCUT2D eigenvalue weighted by atomic mass is 10.1. The summed E-state index contributed by atoms with van der Waals surface area (Å²) in [5.74, 6) is -1.12. The van der Waals surface area contributed by atoms with Crippen LogP contribution in [0.25, 0.3) is 0 Å². The number of sulfonamides is 1. The summed E-state index contributed by atoms with van der Waals surface area (Å²) in [6.07, 6.45) is 0.870. The van der Waals surface area contributed by atoms with Gasteiger partial charge in [0, 0.05) is 29.7 Å². The largest absolute Gasteiger partial charge is 0.495 e. The van der Waals surface area contributed by atoms with Gasteiger partial charge in [0.05, 0.1) is 18.3 Å². The highest BCUT2D eigenvalue weighted by Crippen LogP contribution is 2.34. The van der Waals surface area contributed by atoms with E-state index in [1.807, 2.05) is 0 Å². The fourth-order valence-electron chi connectivity index (χ4n) is 3.40. The van der Waals surface area contributed by atoms with Gasteiger partial charge in [-0.05, 0) is 44.5 Å². The standard InChI is InChI=1S/C23H29ClN4O7S/c1-15(2)25-23(30)16(3)26(13-17-7-6-8-18(24)11-17)22(29)14-27(36(5,33)34)20-12-19(28(31)32)9-10-21(20)35-4/h6-12,15-16H,13-14H2,1-5H3,(H,25,30)/t16-/m1/s1. The van der Waals surface area contributed by atoms with E-state index in [2.05, 4.69) is 5.32 Å². The first-order chi connectivity index (χ1) is 16.7. The number of carbonyl (C=O) groups is 2. The van der Waals surface area contributed by atoms with Gasteiger partial charge in [0.15, 0.2) is 0 Å². The molecule has 0 aromatic heterocycles. The molecular formula is C23H29ClN4O7S. The SMILES string of the molecule is COc1ccc([N+](=O)[O-])cc1N(CC(=O)N(Cc1cccc(Cl)c1)[C@H](C)C(=O)NC(C)C)S(C)(=O)=O. The second-order valence-electron chi connectivity index (χ2n) is 8.37. The number of nitrogens with zero attached hydrogens (tertiary/aromatic N) is 3. The summed E-state index contributed by atoms with van der Waals surface area (Å²) < 4.78 is 31.4. The van der Waals surface area contributed by atoms with E-state index in [1.165, 1.54) is 25.0 Å². The molecule has 0 saturated carbocycles. The Morgan fingerprint density at radius 2 is 1.83 bits per heavy atom. The molecule has 0 aliphatic carbocycles. The van der Waals surface area contributed by atoms with Crippen LogP contribution in [0.15, 0.2) is 42.5 Å². The second kappa shape index (κ2) is 12.0. The summed E-state index contributed by atoms with van der Waals surface area (Å²) >= 11 is 6.08. The van der Waals surface area contributed by atoms with E-state index in [9.17, 15) is 28.1 Å². The number of halogens is 1. The molecule has 13 heteroatoms. The van der Waals surface area contributed by atoms with Crippen LogP contribution in [0.5, 0.6) is 5.75 Å². The van der Waals surface area contributed by atoms with Crippen molar-refractivity contribution in [3.63, 3.8) is 0 Å². The average molecular weight is 541 g/mol. The minimum atomic E-state index is -4.10. The number of benzene rings is 2. The van der Waals surface area contributed by atoms with Crippen molar-refractivity contribution < 1.29 is 27.7 Å². The lowest BCUT2D eigenvalue weighted by Crippen LogP contribution is -2.52. The first-order valence-electron chi connectivity index (χ1n) is 10.9. The molecule has 0 bridgehead atoms. The number of anilines is 1. The molecular weight excluding hydrogens is 512 g/mol. The molecule has 0 fully saturated rings. The quantitative estimate of drug-likeness (QED) is 0.341. The zero-order valence-corrected chi connectivity index (χ0v) is 22.2. The number of hydrogen-bond acceptors (Lipinski definition) is 7. The van der Waals surface area contributed by atoms with Crippen LogP contribution < -0.4 is 14.4 Å². The normalized spacial score (nSPS) is 12.1. The Balaban J connectivity index is 2.52. The van der Waals surface area contributed by atoms with Gasteiger partial charge in [-0.3, -0.25) is 24.0 Å². The monoisotopic (exact) mass is 540 g/mol. The van der Waals surface area contributed by atoms with Gasteiger partial charge in [0.25, 0.3) is 5.69 Å². The van der Waals surface area contributed by atoms with Crippen molar-refractivity contribution in [2.75, 3.05) is 24.2 Å². The molecule has 0 radical (unpaired) electrons. The highest BCUT2D eigenvalue weighted by molar-refractivity contribution is 7.92. The van der Waals surface area contributed by atoms with Crippen LogP contribution in [0, 0.1) is 10.1 Å². The van der Waals surface area contributed by atoms with Crippen LogP contribution in [-0.2, 0) is 26.2 Å². The number of amides is 2. The molecule has 0 spiro atoms. The van der Waals surface area contributed by atoms with Gasteiger partial charge in [-0.15, -0.1) is 0 Å². The molecule has 36 heavy (non-hydrogen) atoms. The van der Waals surface area contributed by atoms with Crippen molar-refractivity contribution in [2.45, 2.75) is 39.4 Å². The van der Waals surface area contributed by atoms with Gasteiger partial charge in [0.1, 0.15) is 24.0 Å². The molecule has 11 nitrogen and oxygen atoms in total. The molecule has 2 aromatic rings. The molecule has 2 aromatic carbocycles. The second-order valence-corrected chi connectivity index (χ2v) is 10.7. The fraction of sp³-hybridized carbons (Fsp3) is 0.391. The zero-order valence-electron chi connectivity index (χ0n) is 20.6. The van der Waals surface area contributed by atoms with Crippen molar-refractivity contribution in [3.8, 4) is 5.75 Å². The van der Waals surface area contributed by atoms with Gasteiger partial charge in [-0.1, -0.05) is 23.7 Å². The zero-order chi connectivity index (χ0) is 27.2. The van der Waals surface area contributed by atoms with Gasteiger partial charge >= 0.3 is 0 Å². The van der Waals surface area contributed by atoms with Gasteiger partial charge in [-0.2, -0.15) is 0 Å². The summed E-state index contributed by atoms with van der Waals surface area (Å²) in [4.78, 5) is 38.2. The molecule has 0 unspecified atom stereocenters. The minimum Gasteiger partial charge on any atom is -0.495 e. The molecule has 0 aliphatic rings. The number of nitro benzene ring substituents is 1. The predicted molar refractivity (Wildman–Crippen MR) is 137 cm³/mol. The highest BCUT2D eigenvalue weighted by atomic mass is 35.5. The number of hydrogen-bond donors (Lipinski definition) is 1. The maximum absolute atomic E-state index is 13.5. The number of methoxy groups -OCH3 is 1. The average Bonchev–Trinajstić information content (AvgIpc) is 2.78. The first-order valence-corrected chi connectivity index (χ1v) is 13.1. The Hall–Kier alpha value is -3.38. The topological polar surface area (TPSA) is 139 Å². The minimum absolute atomic E-state index is 0.0193. The molecule has 0 heterocycles. The number of non-ortho nitro benzene ring substituents is 1. The van der Waals surface area contributed by atoms with E-state index in [0.717, 1.165) is 22.7 Å². The van der Waals surface area contributed by atoms with E-state index in [1.54, 1.807) is 38.1 Å². The summed E-state index contributed by atoms with van der Waals surface area (Å²) in [6.45, 7) is 4.31.